The van der Waals surface area contributed by atoms with Crippen molar-refractivity contribution >= 4 is 8.07 Å². The highest BCUT2D eigenvalue weighted by molar-refractivity contribution is 6.76. The Bertz CT molecular complexity index is 637. The molecule has 0 aromatic carbocycles. The van der Waals surface area contributed by atoms with E-state index in [0.29, 0.717) is 12.6 Å². The highest BCUT2D eigenvalue weighted by atomic mass is 28.3. The second-order valence-electron chi connectivity index (χ2n) is 12.9. The molecule has 0 aliphatic rings. The monoisotopic (exact) mass is 534 g/mol. The number of nitrogens with zero attached hydrogens (tertiary/aromatic N) is 2. The van der Waals surface area contributed by atoms with Crippen molar-refractivity contribution < 1.29 is 4.74 Å². The van der Waals surface area contributed by atoms with E-state index < -0.39 is 8.07 Å². The summed E-state index contributed by atoms with van der Waals surface area (Å²) in [5, 5.41) is 0. The average Bonchev–Trinajstić information content (AvgIpc) is 3.26. The van der Waals surface area contributed by atoms with Crippen molar-refractivity contribution in [3.63, 3.8) is 0 Å². The third-order valence-electron chi connectivity index (χ3n) is 7.90. The maximum absolute atomic E-state index is 6.33. The molecule has 0 saturated carbocycles. The number of imidazole rings is 1. The van der Waals surface area contributed by atoms with Gasteiger partial charge in [-0.15, -0.1) is 0 Å². The minimum absolute atomic E-state index is 0.590. The van der Waals surface area contributed by atoms with Crippen LogP contribution in [0, 0.1) is 0 Å². The number of unbranched alkanes of at least 4 members (excludes halogenated alkanes) is 14. The molecule has 3 nitrogen and oxygen atoms in total. The number of hydrogen-bond donors (Lipinski definition) is 0. The lowest BCUT2D eigenvalue weighted by Gasteiger charge is -2.21. The fourth-order valence-electron chi connectivity index (χ4n) is 5.29. The Labute approximate surface area is 234 Å². The van der Waals surface area contributed by atoms with Crippen molar-refractivity contribution in [2.45, 2.75) is 188 Å². The molecule has 37 heavy (non-hydrogen) atoms. The molecule has 0 saturated heterocycles. The van der Waals surface area contributed by atoms with E-state index in [1.54, 1.807) is 0 Å². The smallest absolute Gasteiger partial charge is 0.124 e. The molecule has 1 atom stereocenters. The zero-order valence-electron chi connectivity index (χ0n) is 26.2. The fraction of sp³-hybridized carbons (Fsp3) is 0.909. The van der Waals surface area contributed by atoms with Crippen LogP contribution in [0.1, 0.15) is 160 Å². The molecule has 0 radical (unpaired) electrons. The summed E-state index contributed by atoms with van der Waals surface area (Å²) in [5.41, 5.74) is 1.41. The van der Waals surface area contributed by atoms with E-state index in [4.69, 9.17) is 9.72 Å². The topological polar surface area (TPSA) is 27.1 Å². The molecule has 1 rings (SSSR count). The number of aromatic nitrogens is 2. The van der Waals surface area contributed by atoms with Crippen molar-refractivity contribution in [1.29, 1.82) is 0 Å². The van der Waals surface area contributed by atoms with Crippen molar-refractivity contribution in [2.75, 3.05) is 6.61 Å². The lowest BCUT2D eigenvalue weighted by Crippen LogP contribution is -2.22. The molecule has 1 heterocycles. The second-order valence-corrected chi connectivity index (χ2v) is 18.5. The quantitative estimate of drug-likeness (QED) is 0.0872. The van der Waals surface area contributed by atoms with Gasteiger partial charge in [-0.3, -0.25) is 0 Å². The van der Waals surface area contributed by atoms with Gasteiger partial charge in [0, 0.05) is 32.5 Å². The van der Waals surface area contributed by atoms with Crippen LogP contribution in [0.4, 0.5) is 0 Å². The third-order valence-corrected chi connectivity index (χ3v) is 9.60. The Morgan fingerprint density at radius 3 is 1.70 bits per heavy atom. The maximum atomic E-state index is 6.33. The standard InChI is InChI=1S/C33H66N2OSi/c1-7-10-13-16-19-22-25-31(24-21-18-15-12-9-3)33-34-29-32(26-23-20-17-14-11-8-2)35(33)30-36-27-28-37(4,5)6/h29,31H,7-28,30H2,1-6H3. The Morgan fingerprint density at radius 1 is 0.703 bits per heavy atom. The van der Waals surface area contributed by atoms with Gasteiger partial charge in [-0.25, -0.2) is 4.98 Å². The third kappa shape index (κ3) is 17.6. The first kappa shape index (κ1) is 34.4. The molecular formula is C33H66N2OSi. The largest absolute Gasteiger partial charge is 0.361 e. The summed E-state index contributed by atoms with van der Waals surface area (Å²) < 4.78 is 8.83. The van der Waals surface area contributed by atoms with Crippen LogP contribution < -0.4 is 0 Å². The Hall–Kier alpha value is -0.613. The van der Waals surface area contributed by atoms with Gasteiger partial charge in [0.2, 0.25) is 0 Å². The van der Waals surface area contributed by atoms with Gasteiger partial charge in [0.15, 0.2) is 0 Å². The van der Waals surface area contributed by atoms with E-state index in [-0.39, 0.29) is 0 Å². The lowest BCUT2D eigenvalue weighted by molar-refractivity contribution is 0.0819. The van der Waals surface area contributed by atoms with Crippen LogP contribution in [0.25, 0.3) is 0 Å². The first-order valence-electron chi connectivity index (χ1n) is 16.5. The molecule has 1 unspecified atom stereocenters. The van der Waals surface area contributed by atoms with Crippen molar-refractivity contribution in [3.05, 3.63) is 17.7 Å². The Balaban J connectivity index is 2.86. The summed E-state index contributed by atoms with van der Waals surface area (Å²) in [6.45, 7) is 15.8. The van der Waals surface area contributed by atoms with Gasteiger partial charge in [-0.1, -0.05) is 143 Å². The number of ether oxygens (including phenoxy) is 1. The van der Waals surface area contributed by atoms with Crippen LogP contribution in [0.5, 0.6) is 0 Å². The zero-order valence-corrected chi connectivity index (χ0v) is 27.2. The van der Waals surface area contributed by atoms with E-state index in [1.165, 1.54) is 140 Å². The van der Waals surface area contributed by atoms with Crippen LogP contribution >= 0.6 is 0 Å². The highest BCUT2D eigenvalue weighted by Gasteiger charge is 2.20. The number of rotatable bonds is 26. The van der Waals surface area contributed by atoms with E-state index in [9.17, 15) is 0 Å². The van der Waals surface area contributed by atoms with Crippen LogP contribution in [0.2, 0.25) is 25.7 Å². The van der Waals surface area contributed by atoms with Crippen molar-refractivity contribution in [3.8, 4) is 0 Å². The van der Waals surface area contributed by atoms with E-state index in [1.807, 2.05) is 0 Å². The minimum Gasteiger partial charge on any atom is -0.361 e. The van der Waals surface area contributed by atoms with Gasteiger partial charge >= 0.3 is 0 Å². The molecular weight excluding hydrogens is 468 g/mol. The summed E-state index contributed by atoms with van der Waals surface area (Å²) >= 11 is 0. The van der Waals surface area contributed by atoms with Gasteiger partial charge in [-0.05, 0) is 31.7 Å². The van der Waals surface area contributed by atoms with Crippen LogP contribution in [-0.2, 0) is 17.9 Å². The molecule has 218 valence electrons. The average molecular weight is 535 g/mol. The molecule has 4 heteroatoms. The summed E-state index contributed by atoms with van der Waals surface area (Å²) in [6, 6.07) is 1.24. The van der Waals surface area contributed by atoms with Gasteiger partial charge in [0.25, 0.3) is 0 Å². The highest BCUT2D eigenvalue weighted by Crippen LogP contribution is 2.29. The van der Waals surface area contributed by atoms with E-state index >= 15 is 0 Å². The van der Waals surface area contributed by atoms with Crippen molar-refractivity contribution in [1.82, 2.24) is 9.55 Å². The first-order valence-corrected chi connectivity index (χ1v) is 20.3. The minimum atomic E-state index is -1.08. The summed E-state index contributed by atoms with van der Waals surface area (Å²) in [6.07, 6.45) is 29.1. The molecule has 1 aromatic heterocycles. The van der Waals surface area contributed by atoms with Crippen LogP contribution in [-0.4, -0.2) is 24.2 Å². The Kier molecular flexibility index (Phi) is 20.7. The summed E-state index contributed by atoms with van der Waals surface area (Å²) in [5.74, 6) is 1.92. The van der Waals surface area contributed by atoms with Crippen molar-refractivity contribution in [2.24, 2.45) is 0 Å². The first-order chi connectivity index (χ1) is 17.9. The molecule has 0 spiro atoms. The summed E-state index contributed by atoms with van der Waals surface area (Å²) in [4.78, 5) is 5.11. The molecule has 0 amide bonds. The van der Waals surface area contributed by atoms with Crippen LogP contribution in [0.3, 0.4) is 0 Å². The maximum Gasteiger partial charge on any atom is 0.124 e. The van der Waals surface area contributed by atoms with Crippen LogP contribution in [0.15, 0.2) is 6.20 Å². The lowest BCUT2D eigenvalue weighted by atomic mass is 9.93. The van der Waals surface area contributed by atoms with E-state index in [2.05, 4.69) is 51.2 Å². The molecule has 0 fully saturated rings. The number of hydrogen-bond acceptors (Lipinski definition) is 2. The van der Waals surface area contributed by atoms with E-state index in [0.717, 1.165) is 13.0 Å². The predicted octanol–water partition coefficient (Wildman–Crippen LogP) is 11.3. The Morgan fingerprint density at radius 2 is 1.19 bits per heavy atom. The second kappa shape index (κ2) is 22.2. The summed E-state index contributed by atoms with van der Waals surface area (Å²) in [7, 11) is -1.08. The molecule has 0 aliphatic carbocycles. The molecule has 0 N–H and O–H groups in total. The van der Waals surface area contributed by atoms with Gasteiger partial charge in [0.05, 0.1) is 0 Å². The molecule has 0 aliphatic heterocycles. The molecule has 1 aromatic rings. The SMILES string of the molecule is CCCCCCCCc1cnc(C(CCCCCCC)CCCCCCCC)n1COCC[Si](C)(C)C. The van der Waals surface area contributed by atoms with Gasteiger partial charge in [0.1, 0.15) is 12.6 Å². The van der Waals surface area contributed by atoms with Gasteiger partial charge in [-0.2, -0.15) is 0 Å². The van der Waals surface area contributed by atoms with Gasteiger partial charge < -0.3 is 9.30 Å². The number of aryl methyl sites for hydroxylation is 1. The molecule has 0 bridgehead atoms. The predicted molar refractivity (Wildman–Crippen MR) is 168 cm³/mol. The normalized spacial score (nSPS) is 12.9. The zero-order chi connectivity index (χ0) is 27.2. The fourth-order valence-corrected chi connectivity index (χ4v) is 6.05.